The zero-order chi connectivity index (χ0) is 27.6. The van der Waals surface area contributed by atoms with Gasteiger partial charge in [-0.3, -0.25) is 4.79 Å². The molecule has 198 valence electrons. The van der Waals surface area contributed by atoms with Crippen molar-refractivity contribution in [2.24, 2.45) is 0 Å². The Morgan fingerprint density at radius 2 is 1.76 bits per heavy atom. The number of sulfone groups is 1. The number of aromatic hydroxyl groups is 1. The summed E-state index contributed by atoms with van der Waals surface area (Å²) in [5, 5.41) is 22.6. The Hall–Kier alpha value is -3.18. The Labute approximate surface area is 232 Å². The first-order chi connectivity index (χ1) is 17.9. The molecule has 0 fully saturated rings. The fourth-order valence-corrected chi connectivity index (χ4v) is 6.26. The predicted molar refractivity (Wildman–Crippen MR) is 147 cm³/mol. The van der Waals surface area contributed by atoms with Crippen molar-refractivity contribution in [2.75, 3.05) is 6.26 Å². The van der Waals surface area contributed by atoms with Gasteiger partial charge in [0.05, 0.1) is 30.9 Å². The predicted octanol–water partition coefficient (Wildman–Crippen LogP) is 4.92. The van der Waals surface area contributed by atoms with Crippen LogP contribution in [0, 0.1) is 0 Å². The first-order valence-electron chi connectivity index (χ1n) is 11.3. The molecule has 0 saturated carbocycles. The maximum Gasteiger partial charge on any atom is 0.326 e. The van der Waals surface area contributed by atoms with Crippen molar-refractivity contribution in [2.45, 2.75) is 30.2 Å². The number of amides is 1. The number of carbonyl (C=O) groups is 2. The molecule has 3 aromatic carbocycles. The van der Waals surface area contributed by atoms with E-state index in [1.807, 2.05) is 6.07 Å². The van der Waals surface area contributed by atoms with Crippen molar-refractivity contribution in [3.8, 4) is 5.75 Å². The Kier molecular flexibility index (Phi) is 8.27. The molecule has 1 aromatic heterocycles. The van der Waals surface area contributed by atoms with Gasteiger partial charge in [0.2, 0.25) is 0 Å². The van der Waals surface area contributed by atoms with Gasteiger partial charge in [0.1, 0.15) is 11.8 Å². The van der Waals surface area contributed by atoms with Crippen LogP contribution in [0.5, 0.6) is 5.75 Å². The zero-order valence-electron chi connectivity index (χ0n) is 19.9. The van der Waals surface area contributed by atoms with Crippen molar-refractivity contribution >= 4 is 66.5 Å². The second kappa shape index (κ2) is 11.3. The van der Waals surface area contributed by atoms with Gasteiger partial charge in [0.25, 0.3) is 5.91 Å². The van der Waals surface area contributed by atoms with E-state index < -0.39 is 27.8 Å². The number of fused-ring (bicyclic) bond motifs is 1. The molecule has 1 amide bonds. The number of carboxylic acid groups (broad SMARTS) is 1. The van der Waals surface area contributed by atoms with E-state index in [4.69, 9.17) is 23.2 Å². The van der Waals surface area contributed by atoms with Gasteiger partial charge in [0.15, 0.2) is 9.84 Å². The second-order valence-corrected chi connectivity index (χ2v) is 12.3. The molecule has 0 bridgehead atoms. The Balaban J connectivity index is 1.56. The summed E-state index contributed by atoms with van der Waals surface area (Å²) < 4.78 is 28.7. The van der Waals surface area contributed by atoms with E-state index in [-0.39, 0.29) is 32.7 Å². The maximum absolute atomic E-state index is 13.1. The van der Waals surface area contributed by atoms with Crippen LogP contribution in [0.2, 0.25) is 10.0 Å². The normalized spacial score (nSPS) is 12.4. The topological polar surface area (TPSA) is 134 Å². The van der Waals surface area contributed by atoms with Gasteiger partial charge in [-0.15, -0.1) is 0 Å². The highest BCUT2D eigenvalue weighted by atomic mass is 35.5. The molecule has 1 unspecified atom stereocenters. The van der Waals surface area contributed by atoms with Gasteiger partial charge in [-0.05, 0) is 65.8 Å². The van der Waals surface area contributed by atoms with Crippen molar-refractivity contribution in [1.82, 2.24) is 9.69 Å². The SMILES string of the molecule is CS(=O)(=O)c1cccc(CC(NC(=O)c2c(Cl)cc3c(CCc4cccc(O)c4)nsc3c2Cl)C(=O)O)c1. The van der Waals surface area contributed by atoms with E-state index >= 15 is 0 Å². The van der Waals surface area contributed by atoms with Gasteiger partial charge in [-0.2, -0.15) is 4.37 Å². The standard InChI is InChI=1S/C26H22Cl2N2O6S2/c1-38(35,36)17-7-3-5-15(11-17)12-21(26(33)34)29-25(32)22-19(27)13-18-20(30-37-24(18)23(22)28)9-8-14-4-2-6-16(31)10-14/h2-7,10-11,13,21,31H,8-9,12H2,1H3,(H,29,32)(H,33,34). The Morgan fingerprint density at radius 3 is 2.45 bits per heavy atom. The smallest absolute Gasteiger partial charge is 0.326 e. The molecule has 1 heterocycles. The molecule has 4 rings (SSSR count). The van der Waals surface area contributed by atoms with E-state index in [0.717, 1.165) is 29.0 Å². The van der Waals surface area contributed by atoms with Crippen LogP contribution in [0.25, 0.3) is 10.1 Å². The number of carbonyl (C=O) groups excluding carboxylic acids is 1. The number of phenols is 1. The molecule has 4 aromatic rings. The minimum atomic E-state index is -3.49. The fraction of sp³-hybridized carbons (Fsp3) is 0.192. The van der Waals surface area contributed by atoms with Crippen LogP contribution < -0.4 is 5.32 Å². The molecule has 0 aliphatic rings. The third kappa shape index (κ3) is 6.27. The lowest BCUT2D eigenvalue weighted by atomic mass is 10.0. The first kappa shape index (κ1) is 27.8. The largest absolute Gasteiger partial charge is 0.508 e. The van der Waals surface area contributed by atoms with Crippen molar-refractivity contribution in [3.05, 3.63) is 87.0 Å². The highest BCUT2D eigenvalue weighted by Crippen LogP contribution is 2.37. The summed E-state index contributed by atoms with van der Waals surface area (Å²) in [4.78, 5) is 25.1. The molecule has 0 spiro atoms. The number of carboxylic acids is 1. The van der Waals surface area contributed by atoms with Crippen LogP contribution in [0.3, 0.4) is 0 Å². The number of rotatable bonds is 9. The average Bonchev–Trinajstić information content (AvgIpc) is 3.25. The summed E-state index contributed by atoms with van der Waals surface area (Å²) in [7, 11) is -3.49. The number of aryl methyl sites for hydroxylation is 2. The monoisotopic (exact) mass is 592 g/mol. The molecule has 0 radical (unpaired) electrons. The lowest BCUT2D eigenvalue weighted by Crippen LogP contribution is -2.42. The molecular weight excluding hydrogens is 571 g/mol. The van der Waals surface area contributed by atoms with Crippen LogP contribution in [0.15, 0.2) is 59.5 Å². The van der Waals surface area contributed by atoms with Gasteiger partial charge in [0, 0.05) is 18.1 Å². The fourth-order valence-electron chi connectivity index (χ4n) is 3.99. The summed E-state index contributed by atoms with van der Waals surface area (Å²) in [6.45, 7) is 0. The summed E-state index contributed by atoms with van der Waals surface area (Å²) >= 11 is 14.1. The zero-order valence-corrected chi connectivity index (χ0v) is 23.1. The minimum Gasteiger partial charge on any atom is -0.508 e. The number of halogens is 2. The van der Waals surface area contributed by atoms with Crippen molar-refractivity contribution in [3.63, 3.8) is 0 Å². The van der Waals surface area contributed by atoms with Crippen LogP contribution in [-0.4, -0.2) is 47.2 Å². The van der Waals surface area contributed by atoms with Crippen molar-refractivity contribution in [1.29, 1.82) is 0 Å². The van der Waals surface area contributed by atoms with Crippen LogP contribution in [0.1, 0.15) is 27.2 Å². The van der Waals surface area contributed by atoms with Gasteiger partial charge < -0.3 is 15.5 Å². The number of nitrogens with one attached hydrogen (secondary N) is 1. The summed E-state index contributed by atoms with van der Waals surface area (Å²) in [6, 6.07) is 13.0. The van der Waals surface area contributed by atoms with Crippen molar-refractivity contribution < 1.29 is 28.2 Å². The second-order valence-electron chi connectivity index (χ2n) is 8.71. The summed E-state index contributed by atoms with van der Waals surface area (Å²) in [5.41, 5.74) is 2.02. The molecular formula is C26H22Cl2N2O6S2. The minimum absolute atomic E-state index is 0.0435. The summed E-state index contributed by atoms with van der Waals surface area (Å²) in [6.07, 6.45) is 2.07. The highest BCUT2D eigenvalue weighted by molar-refractivity contribution is 7.90. The first-order valence-corrected chi connectivity index (χ1v) is 14.7. The van der Waals surface area contributed by atoms with E-state index in [0.29, 0.717) is 28.5 Å². The van der Waals surface area contributed by atoms with Gasteiger partial charge in [-0.25, -0.2) is 13.2 Å². The van der Waals surface area contributed by atoms with Gasteiger partial charge in [-0.1, -0.05) is 47.5 Å². The van der Waals surface area contributed by atoms with Gasteiger partial charge >= 0.3 is 5.97 Å². The molecule has 0 saturated heterocycles. The molecule has 12 heteroatoms. The van der Waals surface area contributed by atoms with Crippen LogP contribution >= 0.6 is 34.7 Å². The van der Waals surface area contributed by atoms with E-state index in [2.05, 4.69) is 9.69 Å². The number of phenolic OH excluding ortho intramolecular Hbond substituents is 1. The Bertz CT molecular complexity index is 1650. The van der Waals surface area contributed by atoms with E-state index in [9.17, 15) is 28.2 Å². The quantitative estimate of drug-likeness (QED) is 0.251. The molecule has 8 nitrogen and oxygen atoms in total. The van der Waals surface area contributed by atoms with E-state index in [1.165, 1.54) is 18.2 Å². The lowest BCUT2D eigenvalue weighted by molar-refractivity contribution is -0.139. The van der Waals surface area contributed by atoms with Crippen LogP contribution in [-0.2, 0) is 33.9 Å². The molecule has 0 aliphatic heterocycles. The molecule has 38 heavy (non-hydrogen) atoms. The number of hydrogen-bond donors (Lipinski definition) is 3. The number of aromatic nitrogens is 1. The molecule has 1 atom stereocenters. The van der Waals surface area contributed by atoms with E-state index in [1.54, 1.807) is 30.3 Å². The molecule has 0 aliphatic carbocycles. The highest BCUT2D eigenvalue weighted by Gasteiger charge is 2.26. The third-order valence-electron chi connectivity index (χ3n) is 5.89. The average molecular weight is 594 g/mol. The maximum atomic E-state index is 13.1. The third-order valence-corrected chi connectivity index (χ3v) is 8.71. The van der Waals surface area contributed by atoms with Crippen LogP contribution in [0.4, 0.5) is 0 Å². The Morgan fingerprint density at radius 1 is 1.05 bits per heavy atom. The number of nitrogens with zero attached hydrogens (tertiary/aromatic N) is 1. The lowest BCUT2D eigenvalue weighted by Gasteiger charge is -2.16. The number of hydrogen-bond acceptors (Lipinski definition) is 7. The number of aliphatic carboxylic acids is 1. The summed E-state index contributed by atoms with van der Waals surface area (Å²) in [5.74, 6) is -1.90. The molecule has 3 N–H and O–H groups in total. The number of benzene rings is 3.